The molecule has 1 fully saturated rings. The van der Waals surface area contributed by atoms with Gasteiger partial charge in [0.15, 0.2) is 0 Å². The highest BCUT2D eigenvalue weighted by atomic mass is 32.2. The summed E-state index contributed by atoms with van der Waals surface area (Å²) in [6.45, 7) is 5.06. The van der Waals surface area contributed by atoms with Crippen LogP contribution < -0.4 is 10.5 Å². The number of nitrogen functional groups attached to an aromatic ring is 1. The molecule has 0 bridgehead atoms. The molecule has 3 N–H and O–H groups in total. The van der Waals surface area contributed by atoms with Gasteiger partial charge < -0.3 is 10.6 Å². The van der Waals surface area contributed by atoms with Crippen molar-refractivity contribution in [1.29, 1.82) is 0 Å². The summed E-state index contributed by atoms with van der Waals surface area (Å²) in [6, 6.07) is 1.55. The van der Waals surface area contributed by atoms with Crippen molar-refractivity contribution < 1.29 is 8.42 Å². The fourth-order valence-corrected chi connectivity index (χ4v) is 4.52. The van der Waals surface area contributed by atoms with Crippen LogP contribution in [0, 0.1) is 0 Å². The van der Waals surface area contributed by atoms with Gasteiger partial charge in [0.2, 0.25) is 10.0 Å². The maximum absolute atomic E-state index is 12.1. The summed E-state index contributed by atoms with van der Waals surface area (Å²) in [4.78, 5) is 2.33. The first-order valence-electron chi connectivity index (χ1n) is 6.10. The van der Waals surface area contributed by atoms with Crippen LogP contribution in [0.2, 0.25) is 0 Å². The second kappa shape index (κ2) is 5.56. The third-order valence-corrected chi connectivity index (χ3v) is 6.20. The van der Waals surface area contributed by atoms with Gasteiger partial charge in [-0.05, 0) is 38.5 Å². The molecule has 1 aliphatic rings. The molecule has 1 saturated heterocycles. The molecule has 0 atom stereocenters. The van der Waals surface area contributed by atoms with Crippen LogP contribution in [0.25, 0.3) is 0 Å². The number of nitrogens with two attached hydrogens (primary N) is 1. The Morgan fingerprint density at radius 2 is 2.17 bits per heavy atom. The van der Waals surface area contributed by atoms with Crippen molar-refractivity contribution in [2.75, 3.05) is 25.4 Å². The van der Waals surface area contributed by atoms with Gasteiger partial charge in [-0.25, -0.2) is 13.1 Å². The van der Waals surface area contributed by atoms with Crippen molar-refractivity contribution >= 4 is 27.0 Å². The average Bonchev–Trinajstić information content (AvgIpc) is 2.77. The van der Waals surface area contributed by atoms with E-state index in [4.69, 9.17) is 5.73 Å². The topological polar surface area (TPSA) is 75.4 Å². The highest BCUT2D eigenvalue weighted by Crippen LogP contribution is 2.22. The number of anilines is 1. The Labute approximate surface area is 112 Å². The molecule has 7 heteroatoms. The van der Waals surface area contributed by atoms with Gasteiger partial charge in [0.05, 0.1) is 0 Å². The number of nitrogens with one attached hydrogen (secondary N) is 1. The van der Waals surface area contributed by atoms with E-state index in [-0.39, 0.29) is 6.04 Å². The van der Waals surface area contributed by atoms with E-state index in [0.717, 1.165) is 43.8 Å². The minimum Gasteiger partial charge on any atom is -0.398 e. The molecular weight excluding hydrogens is 270 g/mol. The van der Waals surface area contributed by atoms with Crippen LogP contribution in [0.3, 0.4) is 0 Å². The molecule has 1 aliphatic heterocycles. The summed E-state index contributed by atoms with van der Waals surface area (Å²) in [7, 11) is -3.39. The lowest BCUT2D eigenvalue weighted by Crippen LogP contribution is -2.44. The van der Waals surface area contributed by atoms with Gasteiger partial charge in [0, 0.05) is 17.1 Å². The van der Waals surface area contributed by atoms with E-state index in [9.17, 15) is 8.42 Å². The zero-order chi connectivity index (χ0) is 13.2. The van der Waals surface area contributed by atoms with Crippen molar-refractivity contribution in [3.8, 4) is 0 Å². The Bertz CT molecular complexity index is 490. The van der Waals surface area contributed by atoms with E-state index < -0.39 is 10.0 Å². The number of thiophene rings is 1. The van der Waals surface area contributed by atoms with Gasteiger partial charge in [-0.3, -0.25) is 0 Å². The molecule has 0 radical (unpaired) electrons. The lowest BCUT2D eigenvalue weighted by atomic mass is 10.1. The number of hydrogen-bond donors (Lipinski definition) is 2. The maximum Gasteiger partial charge on any atom is 0.250 e. The average molecular weight is 289 g/mol. The van der Waals surface area contributed by atoms with Gasteiger partial charge in [-0.15, -0.1) is 11.3 Å². The summed E-state index contributed by atoms with van der Waals surface area (Å²) in [5, 5.41) is 1.65. The molecule has 1 aromatic rings. The van der Waals surface area contributed by atoms with Crippen molar-refractivity contribution in [3.05, 3.63) is 11.4 Å². The highest BCUT2D eigenvalue weighted by Gasteiger charge is 2.24. The van der Waals surface area contributed by atoms with E-state index in [0.29, 0.717) is 9.90 Å². The monoisotopic (exact) mass is 289 g/mol. The molecule has 0 unspecified atom stereocenters. The normalized spacial score (nSPS) is 19.2. The number of hydrogen-bond acceptors (Lipinski definition) is 5. The Hall–Kier alpha value is -0.630. The molecule has 0 spiro atoms. The van der Waals surface area contributed by atoms with E-state index >= 15 is 0 Å². The van der Waals surface area contributed by atoms with Crippen LogP contribution in [0.15, 0.2) is 15.7 Å². The maximum atomic E-state index is 12.1. The molecule has 102 valence electrons. The number of likely N-dealkylation sites (tertiary alicyclic amines) is 1. The summed E-state index contributed by atoms with van der Waals surface area (Å²) < 4.78 is 27.3. The van der Waals surface area contributed by atoms with Gasteiger partial charge in [0.25, 0.3) is 0 Å². The molecule has 18 heavy (non-hydrogen) atoms. The molecule has 0 amide bonds. The summed E-state index contributed by atoms with van der Waals surface area (Å²) in [5.74, 6) is 0. The zero-order valence-electron chi connectivity index (χ0n) is 10.4. The Morgan fingerprint density at radius 3 is 2.67 bits per heavy atom. The van der Waals surface area contributed by atoms with Crippen LogP contribution in [0.5, 0.6) is 0 Å². The molecule has 0 aromatic carbocycles. The number of sulfonamides is 1. The molecule has 0 saturated carbocycles. The van der Waals surface area contributed by atoms with E-state index in [2.05, 4.69) is 16.5 Å². The molecule has 2 heterocycles. The molecule has 2 rings (SSSR count). The van der Waals surface area contributed by atoms with Crippen LogP contribution in [0.1, 0.15) is 19.8 Å². The third-order valence-electron chi connectivity index (χ3n) is 3.22. The number of nitrogens with zero attached hydrogens (tertiary/aromatic N) is 1. The van der Waals surface area contributed by atoms with Gasteiger partial charge in [0.1, 0.15) is 4.21 Å². The minimum atomic E-state index is -3.39. The molecule has 1 aromatic heterocycles. The fourth-order valence-electron chi connectivity index (χ4n) is 2.12. The Morgan fingerprint density at radius 1 is 1.50 bits per heavy atom. The predicted molar refractivity (Wildman–Crippen MR) is 74.2 cm³/mol. The Balaban J connectivity index is 1.97. The standard InChI is InChI=1S/C11H19N3O2S2/c1-2-14-5-3-10(4-6-14)13-18(15,16)11-7-9(12)8-17-11/h7-8,10,13H,2-6,12H2,1H3. The molecule has 0 aliphatic carbocycles. The SMILES string of the molecule is CCN1CCC(NS(=O)(=O)c2cc(N)cs2)CC1. The van der Waals surface area contributed by atoms with E-state index in [1.54, 1.807) is 5.38 Å². The molecule has 5 nitrogen and oxygen atoms in total. The minimum absolute atomic E-state index is 0.0427. The van der Waals surface area contributed by atoms with E-state index in [1.807, 2.05) is 0 Å². The second-order valence-electron chi connectivity index (χ2n) is 4.53. The van der Waals surface area contributed by atoms with Crippen molar-refractivity contribution in [1.82, 2.24) is 9.62 Å². The third kappa shape index (κ3) is 3.23. The van der Waals surface area contributed by atoms with Crippen LogP contribution >= 0.6 is 11.3 Å². The predicted octanol–water partition coefficient (Wildman–Crippen LogP) is 1.09. The summed E-state index contributed by atoms with van der Waals surface area (Å²) in [5.41, 5.74) is 6.06. The van der Waals surface area contributed by atoms with Crippen LogP contribution in [-0.4, -0.2) is 39.0 Å². The zero-order valence-corrected chi connectivity index (χ0v) is 12.1. The van der Waals surface area contributed by atoms with Crippen LogP contribution in [0.4, 0.5) is 5.69 Å². The fraction of sp³-hybridized carbons (Fsp3) is 0.636. The summed E-state index contributed by atoms with van der Waals surface area (Å²) >= 11 is 1.16. The van der Waals surface area contributed by atoms with Gasteiger partial charge in [-0.1, -0.05) is 6.92 Å². The first-order chi connectivity index (χ1) is 8.51. The first kappa shape index (κ1) is 13.8. The van der Waals surface area contributed by atoms with Crippen LogP contribution in [-0.2, 0) is 10.0 Å². The smallest absolute Gasteiger partial charge is 0.250 e. The van der Waals surface area contributed by atoms with Crippen molar-refractivity contribution in [2.45, 2.75) is 30.0 Å². The van der Waals surface area contributed by atoms with Crippen molar-refractivity contribution in [3.63, 3.8) is 0 Å². The molecular formula is C11H19N3O2S2. The number of piperidine rings is 1. The Kier molecular flexibility index (Phi) is 4.26. The second-order valence-corrected chi connectivity index (χ2v) is 7.38. The number of rotatable bonds is 4. The van der Waals surface area contributed by atoms with Gasteiger partial charge in [-0.2, -0.15) is 0 Å². The quantitative estimate of drug-likeness (QED) is 0.870. The lowest BCUT2D eigenvalue weighted by Gasteiger charge is -2.31. The first-order valence-corrected chi connectivity index (χ1v) is 8.46. The highest BCUT2D eigenvalue weighted by molar-refractivity contribution is 7.91. The van der Waals surface area contributed by atoms with Gasteiger partial charge >= 0.3 is 0 Å². The largest absolute Gasteiger partial charge is 0.398 e. The van der Waals surface area contributed by atoms with E-state index in [1.165, 1.54) is 6.07 Å². The summed E-state index contributed by atoms with van der Waals surface area (Å²) in [6.07, 6.45) is 1.74. The van der Waals surface area contributed by atoms with Crippen molar-refractivity contribution in [2.24, 2.45) is 0 Å². The lowest BCUT2D eigenvalue weighted by molar-refractivity contribution is 0.217.